The summed E-state index contributed by atoms with van der Waals surface area (Å²) in [6.07, 6.45) is 3.56. The Labute approximate surface area is 163 Å². The van der Waals surface area contributed by atoms with Gasteiger partial charge >= 0.3 is 0 Å². The minimum absolute atomic E-state index is 0.0126. The second-order valence-corrected chi connectivity index (χ2v) is 6.70. The number of carbonyl (C=O) groups is 1. The van der Waals surface area contributed by atoms with E-state index in [4.69, 9.17) is 10.00 Å². The molecule has 3 aromatic rings. The molecule has 4 rings (SSSR count). The maximum Gasteiger partial charge on any atom is 0.260 e. The zero-order chi connectivity index (χ0) is 19.3. The number of rotatable bonds is 4. The van der Waals surface area contributed by atoms with Gasteiger partial charge in [0.05, 0.1) is 11.6 Å². The SMILES string of the molecule is N#Cc1ccc2ccc(OCC(=O)N3CCN(c4ccncc4)CC3)cc2c1. The van der Waals surface area contributed by atoms with Crippen LogP contribution in [0.5, 0.6) is 5.75 Å². The summed E-state index contributed by atoms with van der Waals surface area (Å²) in [6, 6.07) is 17.3. The van der Waals surface area contributed by atoms with Crippen molar-refractivity contribution in [2.24, 2.45) is 0 Å². The Balaban J connectivity index is 1.33. The third-order valence-electron chi connectivity index (χ3n) is 4.96. The van der Waals surface area contributed by atoms with E-state index >= 15 is 0 Å². The van der Waals surface area contributed by atoms with Crippen LogP contribution in [0.3, 0.4) is 0 Å². The van der Waals surface area contributed by atoms with Crippen molar-refractivity contribution < 1.29 is 9.53 Å². The largest absolute Gasteiger partial charge is 0.484 e. The number of fused-ring (bicyclic) bond motifs is 1. The number of carbonyl (C=O) groups excluding carboxylic acids is 1. The van der Waals surface area contributed by atoms with Gasteiger partial charge in [0.15, 0.2) is 6.61 Å². The van der Waals surface area contributed by atoms with Crippen molar-refractivity contribution in [2.45, 2.75) is 0 Å². The number of hydrogen-bond donors (Lipinski definition) is 0. The molecule has 1 fully saturated rings. The van der Waals surface area contributed by atoms with Crippen LogP contribution in [-0.4, -0.2) is 48.6 Å². The van der Waals surface area contributed by atoms with Gasteiger partial charge in [0.25, 0.3) is 5.91 Å². The van der Waals surface area contributed by atoms with E-state index in [1.807, 2.05) is 47.4 Å². The van der Waals surface area contributed by atoms with E-state index in [-0.39, 0.29) is 12.5 Å². The van der Waals surface area contributed by atoms with E-state index in [1.165, 1.54) is 0 Å². The number of nitrogens with zero attached hydrogens (tertiary/aromatic N) is 4. The number of ether oxygens (including phenoxy) is 1. The van der Waals surface area contributed by atoms with Gasteiger partial charge in [0, 0.05) is 44.3 Å². The number of anilines is 1. The highest BCUT2D eigenvalue weighted by Gasteiger charge is 2.21. The first-order valence-corrected chi connectivity index (χ1v) is 9.22. The second kappa shape index (κ2) is 7.97. The Kier molecular flexibility index (Phi) is 5.07. The van der Waals surface area contributed by atoms with Gasteiger partial charge < -0.3 is 14.5 Å². The molecule has 28 heavy (non-hydrogen) atoms. The average molecular weight is 372 g/mol. The molecule has 2 heterocycles. The molecule has 0 saturated carbocycles. The summed E-state index contributed by atoms with van der Waals surface area (Å²) in [7, 11) is 0. The third-order valence-corrected chi connectivity index (χ3v) is 4.96. The van der Waals surface area contributed by atoms with E-state index in [2.05, 4.69) is 16.0 Å². The highest BCUT2D eigenvalue weighted by atomic mass is 16.5. The topological polar surface area (TPSA) is 69.5 Å². The maximum atomic E-state index is 12.5. The highest BCUT2D eigenvalue weighted by Crippen LogP contribution is 2.22. The lowest BCUT2D eigenvalue weighted by atomic mass is 10.1. The number of aromatic nitrogens is 1. The lowest BCUT2D eigenvalue weighted by Gasteiger charge is -2.36. The molecule has 1 amide bonds. The molecule has 6 nitrogen and oxygen atoms in total. The van der Waals surface area contributed by atoms with Crippen LogP contribution in [0.2, 0.25) is 0 Å². The van der Waals surface area contributed by atoms with Gasteiger partial charge in [-0.15, -0.1) is 0 Å². The lowest BCUT2D eigenvalue weighted by molar-refractivity contribution is -0.133. The number of piperazine rings is 1. The van der Waals surface area contributed by atoms with Gasteiger partial charge in [-0.05, 0) is 47.2 Å². The van der Waals surface area contributed by atoms with Crippen molar-refractivity contribution in [3.63, 3.8) is 0 Å². The minimum atomic E-state index is -0.0137. The smallest absolute Gasteiger partial charge is 0.260 e. The molecule has 1 aromatic heterocycles. The van der Waals surface area contributed by atoms with E-state index in [0.717, 1.165) is 29.5 Å². The van der Waals surface area contributed by atoms with Crippen LogP contribution < -0.4 is 9.64 Å². The Hall–Kier alpha value is -3.59. The van der Waals surface area contributed by atoms with Crippen LogP contribution in [0, 0.1) is 11.3 Å². The number of hydrogen-bond acceptors (Lipinski definition) is 5. The second-order valence-electron chi connectivity index (χ2n) is 6.70. The third kappa shape index (κ3) is 3.89. The van der Waals surface area contributed by atoms with E-state index in [0.29, 0.717) is 24.4 Å². The molecule has 6 heteroatoms. The summed E-state index contributed by atoms with van der Waals surface area (Å²) in [5.74, 6) is 0.617. The van der Waals surface area contributed by atoms with Crippen LogP contribution >= 0.6 is 0 Å². The quantitative estimate of drug-likeness (QED) is 0.704. The van der Waals surface area contributed by atoms with Crippen LogP contribution in [0.1, 0.15) is 5.56 Å². The van der Waals surface area contributed by atoms with Crippen molar-refractivity contribution in [2.75, 3.05) is 37.7 Å². The molecular formula is C22H20N4O2. The fourth-order valence-electron chi connectivity index (χ4n) is 3.39. The van der Waals surface area contributed by atoms with Gasteiger partial charge in [0.2, 0.25) is 0 Å². The van der Waals surface area contributed by atoms with Crippen molar-refractivity contribution in [1.29, 1.82) is 5.26 Å². The van der Waals surface area contributed by atoms with Crippen molar-refractivity contribution in [3.8, 4) is 11.8 Å². The number of amides is 1. The first-order chi connectivity index (χ1) is 13.7. The molecule has 1 aliphatic heterocycles. The summed E-state index contributed by atoms with van der Waals surface area (Å²) in [5.41, 5.74) is 1.74. The van der Waals surface area contributed by atoms with Crippen LogP contribution in [0.15, 0.2) is 60.9 Å². The fraction of sp³-hybridized carbons (Fsp3) is 0.227. The van der Waals surface area contributed by atoms with E-state index in [1.54, 1.807) is 18.5 Å². The monoisotopic (exact) mass is 372 g/mol. The molecule has 0 N–H and O–H groups in total. The summed E-state index contributed by atoms with van der Waals surface area (Å²) >= 11 is 0. The van der Waals surface area contributed by atoms with Gasteiger partial charge in [-0.1, -0.05) is 12.1 Å². The Morgan fingerprint density at radius 3 is 2.50 bits per heavy atom. The van der Waals surface area contributed by atoms with Gasteiger partial charge in [-0.25, -0.2) is 0 Å². The molecule has 0 unspecified atom stereocenters. The van der Waals surface area contributed by atoms with Gasteiger partial charge in [-0.3, -0.25) is 9.78 Å². The zero-order valence-corrected chi connectivity index (χ0v) is 15.4. The number of pyridine rings is 1. The molecule has 0 bridgehead atoms. The molecule has 1 saturated heterocycles. The highest BCUT2D eigenvalue weighted by molar-refractivity contribution is 5.85. The molecule has 0 aliphatic carbocycles. The molecule has 1 aliphatic rings. The van der Waals surface area contributed by atoms with Gasteiger partial charge in [0.1, 0.15) is 5.75 Å². The Morgan fingerprint density at radius 2 is 1.75 bits per heavy atom. The predicted octanol–water partition coefficient (Wildman–Crippen LogP) is 2.83. The first kappa shape index (κ1) is 17.8. The number of benzene rings is 2. The molecule has 2 aromatic carbocycles. The lowest BCUT2D eigenvalue weighted by Crippen LogP contribution is -2.50. The normalized spacial score (nSPS) is 14.0. The van der Waals surface area contributed by atoms with Crippen LogP contribution in [-0.2, 0) is 4.79 Å². The van der Waals surface area contributed by atoms with Gasteiger partial charge in [-0.2, -0.15) is 5.26 Å². The summed E-state index contributed by atoms with van der Waals surface area (Å²) in [5, 5.41) is 11.0. The van der Waals surface area contributed by atoms with Crippen molar-refractivity contribution in [3.05, 3.63) is 66.5 Å². The molecule has 0 atom stereocenters. The van der Waals surface area contributed by atoms with Crippen LogP contribution in [0.25, 0.3) is 10.8 Å². The van der Waals surface area contributed by atoms with Crippen LogP contribution in [0.4, 0.5) is 5.69 Å². The molecule has 0 radical (unpaired) electrons. The van der Waals surface area contributed by atoms with E-state index < -0.39 is 0 Å². The standard InChI is InChI=1S/C22H20N4O2/c23-15-17-1-2-18-3-4-21(14-19(18)13-17)28-16-22(27)26-11-9-25(10-12-26)20-5-7-24-8-6-20/h1-8,13-14H,9-12,16H2. The number of nitriles is 1. The van der Waals surface area contributed by atoms with Crippen molar-refractivity contribution in [1.82, 2.24) is 9.88 Å². The predicted molar refractivity (Wildman–Crippen MR) is 107 cm³/mol. The Bertz CT molecular complexity index is 1020. The molecular weight excluding hydrogens is 352 g/mol. The van der Waals surface area contributed by atoms with E-state index in [9.17, 15) is 4.79 Å². The summed E-state index contributed by atoms with van der Waals surface area (Å²) < 4.78 is 5.72. The first-order valence-electron chi connectivity index (χ1n) is 9.22. The molecule has 140 valence electrons. The maximum absolute atomic E-state index is 12.5. The summed E-state index contributed by atoms with van der Waals surface area (Å²) in [4.78, 5) is 20.6. The minimum Gasteiger partial charge on any atom is -0.484 e. The average Bonchev–Trinajstić information content (AvgIpc) is 2.77. The molecule has 0 spiro atoms. The Morgan fingerprint density at radius 1 is 1.00 bits per heavy atom. The summed E-state index contributed by atoms with van der Waals surface area (Å²) in [6.45, 7) is 2.95. The zero-order valence-electron chi connectivity index (χ0n) is 15.4. The fourth-order valence-corrected chi connectivity index (χ4v) is 3.39. The van der Waals surface area contributed by atoms with Crippen molar-refractivity contribution >= 4 is 22.4 Å².